The van der Waals surface area contributed by atoms with Gasteiger partial charge in [-0.05, 0) is 23.7 Å². The van der Waals surface area contributed by atoms with Crippen LogP contribution in [0.5, 0.6) is 0 Å². The fourth-order valence-electron chi connectivity index (χ4n) is 1.20. The van der Waals surface area contributed by atoms with Gasteiger partial charge in [-0.1, -0.05) is 12.1 Å². The van der Waals surface area contributed by atoms with E-state index in [4.69, 9.17) is 0 Å². The molecule has 12 heavy (non-hydrogen) atoms. The number of hydrogen-bond acceptors (Lipinski definition) is 2. The van der Waals surface area contributed by atoms with Gasteiger partial charge >= 0.3 is 0 Å². The van der Waals surface area contributed by atoms with Crippen LogP contribution < -0.4 is 4.74 Å². The van der Waals surface area contributed by atoms with Crippen molar-refractivity contribution in [3.63, 3.8) is 0 Å². The molecule has 0 spiro atoms. The van der Waals surface area contributed by atoms with Gasteiger partial charge in [-0.3, -0.25) is 8.75 Å². The predicted molar refractivity (Wildman–Crippen MR) is 55.8 cm³/mol. The summed E-state index contributed by atoms with van der Waals surface area (Å²) in [6, 6.07) is 7.68. The number of benzene rings is 1. The molecule has 1 heterocycles. The number of aromatic nitrogens is 1. The second-order valence-corrected chi connectivity index (χ2v) is 3.82. The van der Waals surface area contributed by atoms with Crippen LogP contribution >= 0.6 is 20.8 Å². The van der Waals surface area contributed by atoms with Crippen LogP contribution in [0, 0.1) is 0 Å². The fraction of sp³-hybridized carbons (Fsp3) is 0.125. The molecule has 0 aliphatic rings. The van der Waals surface area contributed by atoms with Crippen LogP contribution in [-0.2, 0) is 6.29 Å². The number of para-hydroxylation sites is 1. The quantitative estimate of drug-likeness (QED) is 0.640. The van der Waals surface area contributed by atoms with E-state index < -0.39 is 0 Å². The molecule has 0 aliphatic carbocycles. The maximum absolute atomic E-state index is 11.3. The van der Waals surface area contributed by atoms with E-state index >= 15 is 0 Å². The molecule has 0 saturated carbocycles. The lowest BCUT2D eigenvalue weighted by molar-refractivity contribution is 1.05. The molecule has 0 aliphatic heterocycles. The zero-order valence-electron chi connectivity index (χ0n) is 6.36. The summed E-state index contributed by atoms with van der Waals surface area (Å²) in [5, 5.41) is 0.824. The van der Waals surface area contributed by atoms with Crippen LogP contribution in [0.15, 0.2) is 29.1 Å². The first-order valence-electron chi connectivity index (χ1n) is 3.62. The third kappa shape index (κ3) is 1.10. The van der Waals surface area contributed by atoms with Gasteiger partial charge in [-0.25, -0.2) is 0 Å². The number of rotatable bonds is 1. The lowest BCUT2D eigenvalue weighted by Crippen LogP contribution is -1.85. The molecule has 1 unspecified atom stereocenters. The van der Waals surface area contributed by atoms with Gasteiger partial charge in [-0.15, -0.1) is 9.24 Å². The molecular formula is C8H8NOPS. The van der Waals surface area contributed by atoms with Crippen molar-refractivity contribution in [3.05, 3.63) is 33.8 Å². The molecule has 62 valence electrons. The van der Waals surface area contributed by atoms with Crippen molar-refractivity contribution in [1.29, 1.82) is 0 Å². The Balaban J connectivity index is 2.91. The molecule has 0 radical (unpaired) electrons. The molecule has 0 saturated heterocycles. The summed E-state index contributed by atoms with van der Waals surface area (Å²) in [4.78, 5) is 11.3. The minimum Gasteiger partial charge on any atom is -0.290 e. The van der Waals surface area contributed by atoms with Crippen LogP contribution in [-0.4, -0.2) is 3.96 Å². The fourth-order valence-corrected chi connectivity index (χ4v) is 2.42. The van der Waals surface area contributed by atoms with Gasteiger partial charge in [0.05, 0.1) is 10.9 Å². The Bertz CT molecular complexity index is 459. The van der Waals surface area contributed by atoms with Crippen molar-refractivity contribution in [2.24, 2.45) is 0 Å². The summed E-state index contributed by atoms with van der Waals surface area (Å²) < 4.78 is 2.12. The third-order valence-electron chi connectivity index (χ3n) is 1.75. The average Bonchev–Trinajstić information content (AvgIpc) is 2.44. The van der Waals surface area contributed by atoms with Crippen LogP contribution in [0.4, 0.5) is 0 Å². The highest BCUT2D eigenvalue weighted by molar-refractivity contribution is 7.16. The highest BCUT2D eigenvalue weighted by Gasteiger charge is 2.03. The molecule has 4 heteroatoms. The number of nitrogens with zero attached hydrogens (tertiary/aromatic N) is 1. The Hall–Kier alpha value is -0.660. The molecule has 0 bridgehead atoms. The molecule has 1 aromatic carbocycles. The van der Waals surface area contributed by atoms with Gasteiger partial charge in [0.1, 0.15) is 0 Å². The van der Waals surface area contributed by atoms with Crippen molar-refractivity contribution in [1.82, 2.24) is 3.96 Å². The zero-order chi connectivity index (χ0) is 8.55. The summed E-state index contributed by atoms with van der Waals surface area (Å²) in [6.07, 6.45) is 0.785. The molecular weight excluding hydrogens is 189 g/mol. The van der Waals surface area contributed by atoms with Crippen LogP contribution in [0.3, 0.4) is 0 Å². The minimum absolute atomic E-state index is 0.146. The normalized spacial score (nSPS) is 10.8. The van der Waals surface area contributed by atoms with Gasteiger partial charge < -0.3 is 0 Å². The first-order chi connectivity index (χ1) is 5.83. The van der Waals surface area contributed by atoms with Gasteiger partial charge in [0, 0.05) is 6.29 Å². The Morgan fingerprint density at radius 2 is 2.17 bits per heavy atom. The van der Waals surface area contributed by atoms with E-state index in [0.29, 0.717) is 0 Å². The first-order valence-corrected chi connectivity index (χ1v) is 5.21. The van der Waals surface area contributed by atoms with Gasteiger partial charge in [0.15, 0.2) is 0 Å². The number of fused-ring (bicyclic) bond motifs is 1. The van der Waals surface area contributed by atoms with Crippen LogP contribution in [0.1, 0.15) is 0 Å². The lowest BCUT2D eigenvalue weighted by Gasteiger charge is -1.95. The summed E-state index contributed by atoms with van der Waals surface area (Å²) >= 11 is 1.27. The van der Waals surface area contributed by atoms with Gasteiger partial charge in [0.2, 0.25) is 0 Å². The van der Waals surface area contributed by atoms with Crippen LogP contribution in [0.2, 0.25) is 0 Å². The summed E-state index contributed by atoms with van der Waals surface area (Å²) in [5.74, 6) is 0. The van der Waals surface area contributed by atoms with E-state index in [-0.39, 0.29) is 4.74 Å². The number of hydrogen-bond donors (Lipinski definition) is 0. The van der Waals surface area contributed by atoms with E-state index in [1.165, 1.54) is 11.5 Å². The smallest absolute Gasteiger partial charge is 0.257 e. The van der Waals surface area contributed by atoms with E-state index in [2.05, 4.69) is 9.24 Å². The molecule has 2 rings (SSSR count). The summed E-state index contributed by atoms with van der Waals surface area (Å²) in [5.41, 5.74) is 1.03. The van der Waals surface area contributed by atoms with Gasteiger partial charge in [-0.2, -0.15) is 0 Å². The van der Waals surface area contributed by atoms with Crippen molar-refractivity contribution in [2.45, 2.75) is 6.29 Å². The second kappa shape index (κ2) is 3.00. The zero-order valence-corrected chi connectivity index (χ0v) is 8.33. The van der Waals surface area contributed by atoms with Crippen molar-refractivity contribution >= 4 is 31.7 Å². The van der Waals surface area contributed by atoms with E-state index in [1.807, 2.05) is 28.2 Å². The second-order valence-electron chi connectivity index (χ2n) is 2.46. The SMILES string of the molecule is O=c1sn(CP)c2ccccc12. The Labute approximate surface area is 76.2 Å². The Morgan fingerprint density at radius 3 is 2.92 bits per heavy atom. The standard InChI is InChI=1S/C8H8NOPS/c10-8-6-3-1-2-4-7(6)9(5-11)12-8/h1-4H,5,11H2. The Kier molecular flexibility index (Phi) is 1.99. The topological polar surface area (TPSA) is 22.0 Å². The monoisotopic (exact) mass is 197 g/mol. The van der Waals surface area contributed by atoms with E-state index in [1.54, 1.807) is 0 Å². The third-order valence-corrected chi connectivity index (χ3v) is 3.33. The highest BCUT2D eigenvalue weighted by atomic mass is 32.1. The van der Waals surface area contributed by atoms with Crippen molar-refractivity contribution < 1.29 is 0 Å². The maximum atomic E-state index is 11.3. The highest BCUT2D eigenvalue weighted by Crippen LogP contribution is 2.14. The van der Waals surface area contributed by atoms with Crippen molar-refractivity contribution in [3.8, 4) is 0 Å². The molecule has 1 aromatic heterocycles. The lowest BCUT2D eigenvalue weighted by atomic mass is 10.3. The molecule has 2 aromatic rings. The maximum Gasteiger partial charge on any atom is 0.257 e. The predicted octanol–water partition coefficient (Wildman–Crippen LogP) is 1.90. The molecule has 1 atom stereocenters. The summed E-state index contributed by atoms with van der Waals surface area (Å²) in [7, 11) is 2.61. The van der Waals surface area contributed by atoms with E-state index in [0.717, 1.165) is 17.2 Å². The van der Waals surface area contributed by atoms with Gasteiger partial charge in [0.25, 0.3) is 4.74 Å². The molecule has 0 amide bonds. The first kappa shape index (κ1) is 7.96. The Morgan fingerprint density at radius 1 is 1.42 bits per heavy atom. The molecule has 0 N–H and O–H groups in total. The molecule has 2 nitrogen and oxygen atoms in total. The molecule has 0 fully saturated rings. The summed E-state index contributed by atoms with van der Waals surface area (Å²) in [6.45, 7) is 0. The largest absolute Gasteiger partial charge is 0.290 e. The van der Waals surface area contributed by atoms with Crippen molar-refractivity contribution in [2.75, 3.05) is 0 Å². The average molecular weight is 197 g/mol. The minimum atomic E-state index is 0.146. The van der Waals surface area contributed by atoms with Crippen LogP contribution in [0.25, 0.3) is 10.9 Å². The van der Waals surface area contributed by atoms with E-state index in [9.17, 15) is 4.79 Å².